The molecule has 0 spiro atoms. The molecule has 1 fully saturated rings. The molecular weight excluding hydrogens is 228 g/mol. The third-order valence-corrected chi connectivity index (χ3v) is 3.74. The maximum Gasteiger partial charge on any atom is 0.0857 e. The molecule has 0 saturated carbocycles. The van der Waals surface area contributed by atoms with Crippen molar-refractivity contribution in [2.45, 2.75) is 70.8 Å². The van der Waals surface area contributed by atoms with Gasteiger partial charge < -0.3 is 9.84 Å². The van der Waals surface area contributed by atoms with Gasteiger partial charge >= 0.3 is 0 Å². The molecule has 1 saturated heterocycles. The lowest BCUT2D eigenvalue weighted by molar-refractivity contribution is -0.0737. The molecule has 1 N–H and O–H groups in total. The molecule has 0 amide bonds. The highest BCUT2D eigenvalue weighted by Gasteiger charge is 2.47. The first-order valence-corrected chi connectivity index (χ1v) is 6.67. The van der Waals surface area contributed by atoms with Gasteiger partial charge in [0.05, 0.1) is 29.5 Å². The van der Waals surface area contributed by atoms with Crippen molar-refractivity contribution >= 4 is 0 Å². The van der Waals surface area contributed by atoms with Gasteiger partial charge in [0, 0.05) is 18.2 Å². The first-order chi connectivity index (χ1) is 8.25. The number of ether oxygens (including phenoxy) is 1. The summed E-state index contributed by atoms with van der Waals surface area (Å²) in [4.78, 5) is 0. The maximum atomic E-state index is 9.83. The summed E-state index contributed by atoms with van der Waals surface area (Å²) in [6.07, 6.45) is 4.93. The van der Waals surface area contributed by atoms with Crippen LogP contribution in [0.4, 0.5) is 0 Å². The van der Waals surface area contributed by atoms with Crippen molar-refractivity contribution in [2.24, 2.45) is 0 Å². The Morgan fingerprint density at radius 2 is 2.17 bits per heavy atom. The lowest BCUT2D eigenvalue weighted by atomic mass is 9.95. The summed E-state index contributed by atoms with van der Waals surface area (Å²) in [5.41, 5.74) is 0.533. The maximum absolute atomic E-state index is 9.83. The van der Waals surface area contributed by atoms with Crippen LogP contribution < -0.4 is 0 Å². The SMILES string of the molecule is CCC(O)c1cnn(C2CC(C)(C)OC2(C)C)c1. The van der Waals surface area contributed by atoms with Gasteiger partial charge in [0.25, 0.3) is 0 Å². The van der Waals surface area contributed by atoms with Crippen LogP contribution >= 0.6 is 0 Å². The van der Waals surface area contributed by atoms with Gasteiger partial charge in [-0.25, -0.2) is 0 Å². The van der Waals surface area contributed by atoms with E-state index in [1.165, 1.54) is 0 Å². The summed E-state index contributed by atoms with van der Waals surface area (Å²) in [6.45, 7) is 10.4. The minimum atomic E-state index is -0.419. The van der Waals surface area contributed by atoms with E-state index in [9.17, 15) is 5.11 Å². The highest BCUT2D eigenvalue weighted by Crippen LogP contribution is 2.44. The third kappa shape index (κ3) is 2.45. The molecule has 0 bridgehead atoms. The monoisotopic (exact) mass is 252 g/mol. The number of rotatable bonds is 3. The Bertz CT molecular complexity index is 423. The molecule has 18 heavy (non-hydrogen) atoms. The van der Waals surface area contributed by atoms with E-state index < -0.39 is 6.10 Å². The van der Waals surface area contributed by atoms with Crippen LogP contribution in [0.25, 0.3) is 0 Å². The Kier molecular flexibility index (Phi) is 3.28. The fraction of sp³-hybridized carbons (Fsp3) is 0.786. The zero-order valence-electron chi connectivity index (χ0n) is 12.0. The van der Waals surface area contributed by atoms with Crippen molar-refractivity contribution in [1.82, 2.24) is 9.78 Å². The third-order valence-electron chi connectivity index (χ3n) is 3.74. The lowest BCUT2D eigenvalue weighted by Gasteiger charge is -2.27. The van der Waals surface area contributed by atoms with Crippen LogP contribution in [-0.2, 0) is 4.74 Å². The smallest absolute Gasteiger partial charge is 0.0857 e. The van der Waals surface area contributed by atoms with E-state index in [0.717, 1.165) is 12.0 Å². The van der Waals surface area contributed by atoms with Crippen molar-refractivity contribution in [2.75, 3.05) is 0 Å². The molecule has 0 radical (unpaired) electrons. The van der Waals surface area contributed by atoms with E-state index in [2.05, 4.69) is 32.8 Å². The summed E-state index contributed by atoms with van der Waals surface area (Å²) in [5, 5.41) is 14.2. The highest BCUT2D eigenvalue weighted by atomic mass is 16.5. The number of hydrogen-bond acceptors (Lipinski definition) is 3. The largest absolute Gasteiger partial charge is 0.388 e. The number of aliphatic hydroxyl groups is 1. The average Bonchev–Trinajstić information content (AvgIpc) is 2.79. The van der Waals surface area contributed by atoms with Crippen molar-refractivity contribution < 1.29 is 9.84 Å². The molecule has 1 aromatic heterocycles. The number of hydrogen-bond donors (Lipinski definition) is 1. The molecule has 102 valence electrons. The van der Waals surface area contributed by atoms with Gasteiger partial charge in [-0.05, 0) is 34.1 Å². The second-order valence-corrected chi connectivity index (χ2v) is 6.36. The molecule has 0 aliphatic carbocycles. The predicted octanol–water partition coefficient (Wildman–Crippen LogP) is 2.85. The molecule has 1 aliphatic heterocycles. The Labute approximate surface area is 109 Å². The van der Waals surface area contributed by atoms with E-state index >= 15 is 0 Å². The fourth-order valence-electron chi connectivity index (χ4n) is 2.88. The van der Waals surface area contributed by atoms with Crippen LogP contribution in [0.3, 0.4) is 0 Å². The molecular formula is C14H24N2O2. The van der Waals surface area contributed by atoms with E-state index in [0.29, 0.717) is 6.42 Å². The predicted molar refractivity (Wildman–Crippen MR) is 70.4 cm³/mol. The van der Waals surface area contributed by atoms with Crippen molar-refractivity contribution in [3.05, 3.63) is 18.0 Å². The summed E-state index contributed by atoms with van der Waals surface area (Å²) >= 11 is 0. The average molecular weight is 252 g/mol. The zero-order valence-corrected chi connectivity index (χ0v) is 12.0. The van der Waals surface area contributed by atoms with Gasteiger partial charge in [-0.15, -0.1) is 0 Å². The first-order valence-electron chi connectivity index (χ1n) is 6.67. The number of nitrogens with zero attached hydrogens (tertiary/aromatic N) is 2. The minimum Gasteiger partial charge on any atom is -0.388 e. The van der Waals surface area contributed by atoms with Crippen molar-refractivity contribution in [3.8, 4) is 0 Å². The molecule has 2 unspecified atom stereocenters. The standard InChI is InChI=1S/C14H24N2O2/c1-6-11(17)10-8-15-16(9-10)12-7-13(2,3)18-14(12,4)5/h8-9,11-12,17H,6-7H2,1-5H3. The van der Waals surface area contributed by atoms with E-state index in [-0.39, 0.29) is 17.2 Å². The van der Waals surface area contributed by atoms with E-state index in [1.54, 1.807) is 6.20 Å². The Morgan fingerprint density at radius 1 is 1.50 bits per heavy atom. The first kappa shape index (κ1) is 13.6. The van der Waals surface area contributed by atoms with Crippen LogP contribution in [0, 0.1) is 0 Å². The normalized spacial score (nSPS) is 27.3. The van der Waals surface area contributed by atoms with Gasteiger partial charge in [-0.1, -0.05) is 6.92 Å². The zero-order chi connectivity index (χ0) is 13.6. The van der Waals surface area contributed by atoms with E-state index in [1.807, 2.05) is 17.8 Å². The lowest BCUT2D eigenvalue weighted by Crippen LogP contribution is -2.31. The molecule has 2 atom stereocenters. The van der Waals surface area contributed by atoms with E-state index in [4.69, 9.17) is 4.74 Å². The van der Waals surface area contributed by atoms with Crippen LogP contribution in [0.2, 0.25) is 0 Å². The van der Waals surface area contributed by atoms with Gasteiger partial charge in [-0.3, -0.25) is 4.68 Å². The molecule has 0 aromatic carbocycles. The summed E-state index contributed by atoms with van der Waals surface area (Å²) in [7, 11) is 0. The topological polar surface area (TPSA) is 47.3 Å². The Hall–Kier alpha value is -0.870. The van der Waals surface area contributed by atoms with Gasteiger partial charge in [0.2, 0.25) is 0 Å². The summed E-state index contributed by atoms with van der Waals surface area (Å²) < 4.78 is 8.02. The quantitative estimate of drug-likeness (QED) is 0.899. The van der Waals surface area contributed by atoms with Gasteiger partial charge in [-0.2, -0.15) is 5.10 Å². The number of aromatic nitrogens is 2. The van der Waals surface area contributed by atoms with Crippen LogP contribution in [-0.4, -0.2) is 26.1 Å². The summed E-state index contributed by atoms with van der Waals surface area (Å²) in [5.74, 6) is 0. The molecule has 2 heterocycles. The second-order valence-electron chi connectivity index (χ2n) is 6.36. The molecule has 1 aromatic rings. The molecule has 2 rings (SSSR count). The molecule has 1 aliphatic rings. The second kappa shape index (κ2) is 4.35. The summed E-state index contributed by atoms with van der Waals surface area (Å²) in [6, 6.07) is 0.213. The Morgan fingerprint density at radius 3 is 2.67 bits per heavy atom. The molecule has 4 nitrogen and oxygen atoms in total. The van der Waals surface area contributed by atoms with Crippen LogP contribution in [0.15, 0.2) is 12.4 Å². The van der Waals surface area contributed by atoms with Crippen molar-refractivity contribution in [1.29, 1.82) is 0 Å². The van der Waals surface area contributed by atoms with Gasteiger partial charge in [0.1, 0.15) is 0 Å². The van der Waals surface area contributed by atoms with Gasteiger partial charge in [0.15, 0.2) is 0 Å². The van der Waals surface area contributed by atoms with Crippen LogP contribution in [0.1, 0.15) is 65.2 Å². The van der Waals surface area contributed by atoms with Crippen LogP contribution in [0.5, 0.6) is 0 Å². The minimum absolute atomic E-state index is 0.121. The highest BCUT2D eigenvalue weighted by molar-refractivity contribution is 5.10. The molecule has 4 heteroatoms. The van der Waals surface area contributed by atoms with Crippen molar-refractivity contribution in [3.63, 3.8) is 0 Å². The fourth-order valence-corrected chi connectivity index (χ4v) is 2.88. The Balaban J connectivity index is 2.24. The number of aliphatic hydroxyl groups excluding tert-OH is 1.